The van der Waals surface area contributed by atoms with Gasteiger partial charge < -0.3 is 15.2 Å². The lowest BCUT2D eigenvalue weighted by Crippen LogP contribution is -2.35. The maximum Gasteiger partial charge on any atom is 0.0925 e. The molecule has 2 N–H and O–H groups in total. The molecule has 1 saturated carbocycles. The molecule has 0 amide bonds. The van der Waals surface area contributed by atoms with Gasteiger partial charge in [-0.05, 0) is 26.8 Å². The van der Waals surface area contributed by atoms with Crippen molar-refractivity contribution in [2.45, 2.75) is 45.2 Å². The average molecular weight is 236 g/mol. The Morgan fingerprint density at radius 3 is 2.88 bits per heavy atom. The van der Waals surface area contributed by atoms with Gasteiger partial charge in [-0.25, -0.2) is 4.98 Å². The minimum atomic E-state index is 0.823. The van der Waals surface area contributed by atoms with Crippen LogP contribution in [0.4, 0.5) is 0 Å². The van der Waals surface area contributed by atoms with Crippen LogP contribution in [-0.2, 0) is 6.54 Å². The SMILES string of the molecule is Cc1[nH]cnc1CNCCN(C)C1CCCC1. The fourth-order valence-electron chi connectivity index (χ4n) is 2.56. The number of rotatable bonds is 6. The van der Waals surface area contributed by atoms with E-state index in [1.807, 2.05) is 0 Å². The minimum Gasteiger partial charge on any atom is -0.348 e. The first-order chi connectivity index (χ1) is 8.27. The van der Waals surface area contributed by atoms with E-state index in [-0.39, 0.29) is 0 Å². The summed E-state index contributed by atoms with van der Waals surface area (Å²) < 4.78 is 0. The number of aryl methyl sites for hydroxylation is 1. The number of hydrogen-bond donors (Lipinski definition) is 2. The van der Waals surface area contributed by atoms with E-state index in [2.05, 4.69) is 34.2 Å². The van der Waals surface area contributed by atoms with E-state index in [1.54, 1.807) is 6.33 Å². The third kappa shape index (κ3) is 3.54. The lowest BCUT2D eigenvalue weighted by molar-refractivity contribution is 0.245. The normalized spacial score (nSPS) is 17.1. The van der Waals surface area contributed by atoms with Crippen LogP contribution in [0.3, 0.4) is 0 Å². The van der Waals surface area contributed by atoms with E-state index in [9.17, 15) is 0 Å². The van der Waals surface area contributed by atoms with Crippen molar-refractivity contribution in [3.63, 3.8) is 0 Å². The number of H-pyrrole nitrogens is 1. The second-order valence-electron chi connectivity index (χ2n) is 5.07. The number of nitrogens with one attached hydrogen (secondary N) is 2. The first-order valence-corrected chi connectivity index (χ1v) is 6.67. The molecule has 4 nitrogen and oxygen atoms in total. The molecule has 0 spiro atoms. The molecule has 1 fully saturated rings. The van der Waals surface area contributed by atoms with Crippen molar-refractivity contribution >= 4 is 0 Å². The van der Waals surface area contributed by atoms with Gasteiger partial charge in [0.2, 0.25) is 0 Å². The summed E-state index contributed by atoms with van der Waals surface area (Å²) in [5.41, 5.74) is 2.30. The van der Waals surface area contributed by atoms with E-state index < -0.39 is 0 Å². The van der Waals surface area contributed by atoms with Crippen LogP contribution in [0.25, 0.3) is 0 Å². The third-order valence-corrected chi connectivity index (χ3v) is 3.82. The smallest absolute Gasteiger partial charge is 0.0925 e. The van der Waals surface area contributed by atoms with Gasteiger partial charge in [0.15, 0.2) is 0 Å². The van der Waals surface area contributed by atoms with E-state index >= 15 is 0 Å². The lowest BCUT2D eigenvalue weighted by atomic mass is 10.2. The van der Waals surface area contributed by atoms with E-state index in [1.165, 1.54) is 31.4 Å². The molecule has 0 saturated heterocycles. The Kier molecular flexibility index (Phi) is 4.57. The van der Waals surface area contributed by atoms with Gasteiger partial charge in [-0.1, -0.05) is 12.8 Å². The molecular formula is C13H24N4. The van der Waals surface area contributed by atoms with Gasteiger partial charge in [-0.3, -0.25) is 0 Å². The molecule has 1 aromatic heterocycles. The molecule has 96 valence electrons. The highest BCUT2D eigenvalue weighted by Crippen LogP contribution is 2.21. The summed E-state index contributed by atoms with van der Waals surface area (Å²) in [5, 5.41) is 3.46. The van der Waals surface area contributed by atoms with Gasteiger partial charge in [-0.15, -0.1) is 0 Å². The van der Waals surface area contributed by atoms with Gasteiger partial charge >= 0.3 is 0 Å². The van der Waals surface area contributed by atoms with Crippen LogP contribution in [0.15, 0.2) is 6.33 Å². The van der Waals surface area contributed by atoms with Crippen LogP contribution in [-0.4, -0.2) is 41.0 Å². The highest BCUT2D eigenvalue weighted by molar-refractivity contribution is 5.07. The zero-order valence-corrected chi connectivity index (χ0v) is 11.0. The molecule has 4 heteroatoms. The molecule has 1 aliphatic rings. The van der Waals surface area contributed by atoms with E-state index in [4.69, 9.17) is 0 Å². The molecule has 1 aliphatic carbocycles. The summed E-state index contributed by atoms with van der Waals surface area (Å²) >= 11 is 0. The Morgan fingerprint density at radius 1 is 1.47 bits per heavy atom. The van der Waals surface area contributed by atoms with Crippen molar-refractivity contribution < 1.29 is 0 Å². The van der Waals surface area contributed by atoms with Gasteiger partial charge in [-0.2, -0.15) is 0 Å². The van der Waals surface area contributed by atoms with E-state index in [0.717, 1.165) is 31.4 Å². The van der Waals surface area contributed by atoms with Gasteiger partial charge in [0, 0.05) is 31.4 Å². The first-order valence-electron chi connectivity index (χ1n) is 6.67. The Morgan fingerprint density at radius 2 is 2.24 bits per heavy atom. The fourth-order valence-corrected chi connectivity index (χ4v) is 2.56. The Labute approximate surface area is 104 Å². The molecule has 0 atom stereocenters. The quantitative estimate of drug-likeness (QED) is 0.739. The molecular weight excluding hydrogens is 212 g/mol. The first kappa shape index (κ1) is 12.6. The average Bonchev–Trinajstić information content (AvgIpc) is 2.96. The minimum absolute atomic E-state index is 0.823. The van der Waals surface area contributed by atoms with Crippen molar-refractivity contribution in [3.8, 4) is 0 Å². The summed E-state index contributed by atoms with van der Waals surface area (Å²) in [6, 6.07) is 0.823. The molecule has 0 radical (unpaired) electrons. The maximum absolute atomic E-state index is 4.28. The second kappa shape index (κ2) is 6.17. The molecule has 17 heavy (non-hydrogen) atoms. The molecule has 0 bridgehead atoms. The molecule has 0 unspecified atom stereocenters. The highest BCUT2D eigenvalue weighted by Gasteiger charge is 2.18. The van der Waals surface area contributed by atoms with Crippen LogP contribution < -0.4 is 5.32 Å². The van der Waals surface area contributed by atoms with Crippen molar-refractivity contribution in [1.29, 1.82) is 0 Å². The van der Waals surface area contributed by atoms with Crippen molar-refractivity contribution in [2.75, 3.05) is 20.1 Å². The summed E-state index contributed by atoms with van der Waals surface area (Å²) in [7, 11) is 2.25. The molecule has 1 heterocycles. The number of nitrogens with zero attached hydrogens (tertiary/aromatic N) is 2. The largest absolute Gasteiger partial charge is 0.348 e. The summed E-state index contributed by atoms with van der Waals surface area (Å²) in [4.78, 5) is 9.88. The number of aromatic amines is 1. The van der Waals surface area contributed by atoms with Gasteiger partial charge in [0.1, 0.15) is 0 Å². The zero-order valence-electron chi connectivity index (χ0n) is 11.0. The van der Waals surface area contributed by atoms with Crippen molar-refractivity contribution in [3.05, 3.63) is 17.7 Å². The predicted octanol–water partition coefficient (Wildman–Crippen LogP) is 1.68. The molecule has 2 rings (SSSR count). The van der Waals surface area contributed by atoms with Crippen LogP contribution in [0.5, 0.6) is 0 Å². The van der Waals surface area contributed by atoms with Crippen molar-refractivity contribution in [1.82, 2.24) is 20.2 Å². The lowest BCUT2D eigenvalue weighted by Gasteiger charge is -2.23. The summed E-state index contributed by atoms with van der Waals surface area (Å²) in [6.07, 6.45) is 7.35. The highest BCUT2D eigenvalue weighted by atomic mass is 15.1. The molecule has 0 aromatic carbocycles. The number of aromatic nitrogens is 2. The topological polar surface area (TPSA) is 44.0 Å². The van der Waals surface area contributed by atoms with Gasteiger partial charge in [0.05, 0.1) is 12.0 Å². The van der Waals surface area contributed by atoms with Crippen LogP contribution in [0.1, 0.15) is 37.1 Å². The molecule has 1 aromatic rings. The number of likely N-dealkylation sites (N-methyl/N-ethyl adjacent to an activating group) is 1. The standard InChI is InChI=1S/C13H24N4/c1-11-13(16-10-15-11)9-14-7-8-17(2)12-5-3-4-6-12/h10,12,14H,3-9H2,1-2H3,(H,15,16). The Hall–Kier alpha value is -0.870. The number of imidazole rings is 1. The summed E-state index contributed by atoms with van der Waals surface area (Å²) in [6.45, 7) is 5.11. The predicted molar refractivity (Wildman–Crippen MR) is 69.9 cm³/mol. The van der Waals surface area contributed by atoms with E-state index in [0.29, 0.717) is 0 Å². The maximum atomic E-state index is 4.28. The Bertz CT molecular complexity index is 328. The Balaban J connectivity index is 1.61. The molecule has 0 aliphatic heterocycles. The fraction of sp³-hybridized carbons (Fsp3) is 0.769. The van der Waals surface area contributed by atoms with Crippen molar-refractivity contribution in [2.24, 2.45) is 0 Å². The second-order valence-corrected chi connectivity index (χ2v) is 5.07. The zero-order chi connectivity index (χ0) is 12.1. The van der Waals surface area contributed by atoms with Gasteiger partial charge in [0.25, 0.3) is 0 Å². The van der Waals surface area contributed by atoms with Crippen LogP contribution >= 0.6 is 0 Å². The van der Waals surface area contributed by atoms with Crippen LogP contribution in [0, 0.1) is 6.92 Å². The van der Waals surface area contributed by atoms with Crippen LogP contribution in [0.2, 0.25) is 0 Å². The monoisotopic (exact) mass is 236 g/mol. The number of hydrogen-bond acceptors (Lipinski definition) is 3. The third-order valence-electron chi connectivity index (χ3n) is 3.82. The summed E-state index contributed by atoms with van der Waals surface area (Å²) in [5.74, 6) is 0.